The molecule has 2 N–H and O–H groups in total. The monoisotopic (exact) mass is 554 g/mol. The molecule has 1 unspecified atom stereocenters. The first-order valence-corrected chi connectivity index (χ1v) is 14.2. The third-order valence-electron chi connectivity index (χ3n) is 8.80. The Morgan fingerprint density at radius 1 is 0.927 bits per heavy atom. The van der Waals surface area contributed by atoms with Crippen LogP contribution in [0.4, 0.5) is 4.79 Å². The molecule has 1 saturated heterocycles. The molecule has 3 aromatic carbocycles. The predicted octanol–water partition coefficient (Wildman–Crippen LogP) is 4.68. The number of likely N-dealkylation sites (tertiary alicyclic amines) is 1. The lowest BCUT2D eigenvalue weighted by Crippen LogP contribution is -2.55. The Morgan fingerprint density at radius 3 is 2.22 bits per heavy atom. The molecule has 8 heteroatoms. The van der Waals surface area contributed by atoms with Crippen molar-refractivity contribution >= 4 is 18.0 Å². The van der Waals surface area contributed by atoms with Crippen LogP contribution in [0.5, 0.6) is 0 Å². The van der Waals surface area contributed by atoms with Crippen LogP contribution in [0.25, 0.3) is 11.1 Å². The number of hydrogen-bond acceptors (Lipinski definition) is 5. The Morgan fingerprint density at radius 2 is 1.56 bits per heavy atom. The predicted molar refractivity (Wildman–Crippen MR) is 152 cm³/mol. The van der Waals surface area contributed by atoms with Gasteiger partial charge in [0.2, 0.25) is 5.91 Å². The summed E-state index contributed by atoms with van der Waals surface area (Å²) >= 11 is 0. The summed E-state index contributed by atoms with van der Waals surface area (Å²) in [4.78, 5) is 40.1. The zero-order valence-electron chi connectivity index (χ0n) is 22.9. The molecule has 0 bridgehead atoms. The number of rotatable bonds is 9. The molecule has 3 aliphatic rings. The quantitative estimate of drug-likeness (QED) is 0.398. The standard InChI is InChI=1S/C33H34N2O6/c1-20(40-18-21-9-3-2-4-10-21)30(31(36)35-16-15-26-27(17-35)29(26)32(37)38)34-33(39)41-19-28-24-13-7-5-11-22(24)23-12-6-8-14-25(23)28/h2-14,20,26-30H,15-19H2,1H3,(H,34,39)(H,37,38)/t20-,26-,27+,29?,30+/m0/s1. The van der Waals surface area contributed by atoms with Crippen molar-refractivity contribution in [2.45, 2.75) is 38.0 Å². The van der Waals surface area contributed by atoms with E-state index >= 15 is 0 Å². The minimum Gasteiger partial charge on any atom is -0.481 e. The number of nitrogens with one attached hydrogen (secondary N) is 1. The number of nitrogens with zero attached hydrogens (tertiary/aromatic N) is 1. The molecule has 212 valence electrons. The van der Waals surface area contributed by atoms with E-state index in [1.807, 2.05) is 54.6 Å². The van der Waals surface area contributed by atoms with Crippen molar-refractivity contribution in [2.24, 2.45) is 17.8 Å². The fourth-order valence-electron chi connectivity index (χ4n) is 6.55. The maximum absolute atomic E-state index is 13.7. The highest BCUT2D eigenvalue weighted by molar-refractivity contribution is 5.87. The second-order valence-corrected chi connectivity index (χ2v) is 11.2. The molecule has 0 spiro atoms. The number of carbonyl (C=O) groups is 3. The van der Waals surface area contributed by atoms with E-state index in [1.54, 1.807) is 11.8 Å². The van der Waals surface area contributed by atoms with Gasteiger partial charge >= 0.3 is 12.1 Å². The molecule has 0 radical (unpaired) electrons. The molecule has 8 nitrogen and oxygen atoms in total. The summed E-state index contributed by atoms with van der Waals surface area (Å²) in [6.45, 7) is 3.00. The third kappa shape index (κ3) is 5.44. The van der Waals surface area contributed by atoms with Crippen molar-refractivity contribution in [3.05, 3.63) is 95.6 Å². The number of piperidine rings is 1. The number of aliphatic carboxylic acids is 1. The SMILES string of the molecule is C[C@H](OCc1ccccc1)[C@@H](NC(=O)OCC1c2ccccc2-c2ccccc21)C(=O)N1CC[C@@H]2C(C(=O)O)[C@@H]2C1. The van der Waals surface area contributed by atoms with E-state index in [-0.39, 0.29) is 36.9 Å². The van der Waals surface area contributed by atoms with Gasteiger partial charge in [-0.05, 0) is 53.0 Å². The fourth-order valence-corrected chi connectivity index (χ4v) is 6.55. The summed E-state index contributed by atoms with van der Waals surface area (Å²) < 4.78 is 11.8. The van der Waals surface area contributed by atoms with Crippen LogP contribution < -0.4 is 5.32 Å². The van der Waals surface area contributed by atoms with Crippen molar-refractivity contribution in [3.8, 4) is 11.1 Å². The number of hydrogen-bond donors (Lipinski definition) is 2. The van der Waals surface area contributed by atoms with Crippen LogP contribution in [0.15, 0.2) is 78.9 Å². The molecule has 1 heterocycles. The molecule has 1 saturated carbocycles. The van der Waals surface area contributed by atoms with E-state index in [1.165, 1.54) is 0 Å². The molecule has 0 aromatic heterocycles. The summed E-state index contributed by atoms with van der Waals surface area (Å²) in [7, 11) is 0. The topological polar surface area (TPSA) is 105 Å². The first-order chi connectivity index (χ1) is 19.9. The average Bonchev–Trinajstić information content (AvgIpc) is 3.65. The van der Waals surface area contributed by atoms with Crippen molar-refractivity contribution < 1.29 is 29.0 Å². The van der Waals surface area contributed by atoms with Gasteiger partial charge < -0.3 is 24.8 Å². The van der Waals surface area contributed by atoms with E-state index in [0.29, 0.717) is 19.5 Å². The molecule has 41 heavy (non-hydrogen) atoms. The van der Waals surface area contributed by atoms with Crippen molar-refractivity contribution in [1.82, 2.24) is 10.2 Å². The molecule has 1 aliphatic heterocycles. The fraction of sp³-hybridized carbons (Fsp3) is 0.364. The molecule has 2 amide bonds. The Balaban J connectivity index is 1.14. The number of carboxylic acid groups (broad SMARTS) is 1. The second kappa shape index (κ2) is 11.4. The summed E-state index contributed by atoms with van der Waals surface area (Å²) in [5.74, 6) is -1.50. The minimum absolute atomic E-state index is 0.0409. The lowest BCUT2D eigenvalue weighted by molar-refractivity contribution is -0.140. The highest BCUT2D eigenvalue weighted by Crippen LogP contribution is 2.51. The number of carbonyl (C=O) groups excluding carboxylic acids is 2. The number of alkyl carbamates (subject to hydrolysis) is 1. The van der Waals surface area contributed by atoms with Crippen molar-refractivity contribution in [2.75, 3.05) is 19.7 Å². The first-order valence-electron chi connectivity index (χ1n) is 14.2. The smallest absolute Gasteiger partial charge is 0.407 e. The van der Waals surface area contributed by atoms with E-state index < -0.39 is 30.1 Å². The van der Waals surface area contributed by atoms with Crippen LogP contribution in [0, 0.1) is 17.8 Å². The van der Waals surface area contributed by atoms with Gasteiger partial charge in [0.25, 0.3) is 0 Å². The van der Waals surface area contributed by atoms with E-state index in [2.05, 4.69) is 29.6 Å². The van der Waals surface area contributed by atoms with Crippen molar-refractivity contribution in [1.29, 1.82) is 0 Å². The van der Waals surface area contributed by atoms with E-state index in [4.69, 9.17) is 9.47 Å². The summed E-state index contributed by atoms with van der Waals surface area (Å²) in [5.41, 5.74) is 5.44. The third-order valence-corrected chi connectivity index (χ3v) is 8.80. The van der Waals surface area contributed by atoms with Crippen LogP contribution in [0.3, 0.4) is 0 Å². The van der Waals surface area contributed by atoms with E-state index in [0.717, 1.165) is 27.8 Å². The van der Waals surface area contributed by atoms with Gasteiger partial charge in [-0.15, -0.1) is 0 Å². The van der Waals surface area contributed by atoms with Gasteiger partial charge in [-0.2, -0.15) is 0 Å². The second-order valence-electron chi connectivity index (χ2n) is 11.2. The van der Waals surface area contributed by atoms with Gasteiger partial charge in [0, 0.05) is 19.0 Å². The summed E-state index contributed by atoms with van der Waals surface area (Å²) in [5, 5.41) is 12.3. The van der Waals surface area contributed by atoms with Crippen molar-refractivity contribution in [3.63, 3.8) is 0 Å². The maximum Gasteiger partial charge on any atom is 0.407 e. The Labute approximate surface area is 239 Å². The van der Waals surface area contributed by atoms with Crippen LogP contribution >= 0.6 is 0 Å². The van der Waals surface area contributed by atoms with Gasteiger partial charge in [-0.1, -0.05) is 78.9 Å². The van der Waals surface area contributed by atoms with Gasteiger partial charge in [-0.25, -0.2) is 4.79 Å². The van der Waals surface area contributed by atoms with Gasteiger partial charge in [-0.3, -0.25) is 9.59 Å². The largest absolute Gasteiger partial charge is 0.481 e. The number of fused-ring (bicyclic) bond motifs is 4. The molecular weight excluding hydrogens is 520 g/mol. The van der Waals surface area contributed by atoms with E-state index in [9.17, 15) is 19.5 Å². The highest BCUT2D eigenvalue weighted by atomic mass is 16.5. The molecular formula is C33H34N2O6. The number of amides is 2. The average molecular weight is 555 g/mol. The Kier molecular flexibility index (Phi) is 7.49. The van der Waals surface area contributed by atoms with Crippen LogP contribution in [-0.4, -0.2) is 59.8 Å². The van der Waals surface area contributed by atoms with Gasteiger partial charge in [0.15, 0.2) is 0 Å². The first kappa shape index (κ1) is 27.0. The van der Waals surface area contributed by atoms with Gasteiger partial charge in [0.1, 0.15) is 12.6 Å². The van der Waals surface area contributed by atoms with Crippen LogP contribution in [-0.2, 0) is 25.7 Å². The van der Waals surface area contributed by atoms with Crippen LogP contribution in [0.1, 0.15) is 36.0 Å². The zero-order valence-corrected chi connectivity index (χ0v) is 22.9. The molecule has 6 rings (SSSR count). The van der Waals surface area contributed by atoms with Crippen LogP contribution in [0.2, 0.25) is 0 Å². The summed E-state index contributed by atoms with van der Waals surface area (Å²) in [6.07, 6.45) is -0.690. The molecule has 2 aliphatic carbocycles. The highest BCUT2D eigenvalue weighted by Gasteiger charge is 2.57. The minimum atomic E-state index is -0.979. The van der Waals surface area contributed by atoms with Gasteiger partial charge in [0.05, 0.1) is 18.6 Å². The lowest BCUT2D eigenvalue weighted by Gasteiger charge is -2.32. The Hall–Kier alpha value is -4.17. The molecule has 2 fully saturated rings. The number of ether oxygens (including phenoxy) is 2. The maximum atomic E-state index is 13.7. The number of benzene rings is 3. The summed E-state index contributed by atoms with van der Waals surface area (Å²) in [6, 6.07) is 24.9. The number of carboxylic acids is 1. The molecule has 3 aromatic rings. The Bertz CT molecular complexity index is 1400. The zero-order chi connectivity index (χ0) is 28.5. The molecule has 5 atom stereocenters. The normalized spacial score (nSPS) is 22.1. The lowest BCUT2D eigenvalue weighted by atomic mass is 9.98.